The highest BCUT2D eigenvalue weighted by Gasteiger charge is 2.40. The molecule has 0 saturated carbocycles. The first-order chi connectivity index (χ1) is 11.3. The first-order valence-corrected chi connectivity index (χ1v) is 9.39. The molecule has 2 atom stereocenters. The van der Waals surface area contributed by atoms with E-state index in [9.17, 15) is 23.1 Å². The van der Waals surface area contributed by atoms with Crippen molar-refractivity contribution < 1.29 is 23.1 Å². The van der Waals surface area contributed by atoms with E-state index in [-0.39, 0.29) is 29.8 Å². The highest BCUT2D eigenvalue weighted by molar-refractivity contribution is 7.89. The van der Waals surface area contributed by atoms with Crippen molar-refractivity contribution in [2.45, 2.75) is 31.1 Å². The molecule has 2 aliphatic heterocycles. The number of hydrogen-bond donors (Lipinski definition) is 2. The van der Waals surface area contributed by atoms with Crippen LogP contribution in [0.3, 0.4) is 0 Å². The molecular formula is C16H20N2O5S. The van der Waals surface area contributed by atoms with E-state index in [4.69, 9.17) is 0 Å². The number of aliphatic carboxylic acids is 1. The Bertz CT molecular complexity index is 790. The molecule has 24 heavy (non-hydrogen) atoms. The number of anilines is 1. The van der Waals surface area contributed by atoms with E-state index in [1.807, 2.05) is 0 Å². The number of amides is 1. The van der Waals surface area contributed by atoms with E-state index in [0.29, 0.717) is 24.9 Å². The van der Waals surface area contributed by atoms with Crippen molar-refractivity contribution in [2.75, 3.05) is 18.4 Å². The van der Waals surface area contributed by atoms with E-state index in [1.54, 1.807) is 19.1 Å². The van der Waals surface area contributed by atoms with Gasteiger partial charge >= 0.3 is 5.97 Å². The number of carbonyl (C=O) groups is 2. The fraction of sp³-hybridized carbons (Fsp3) is 0.500. The minimum Gasteiger partial charge on any atom is -0.481 e. The molecule has 7 nitrogen and oxygen atoms in total. The third-order valence-corrected chi connectivity index (χ3v) is 6.56. The molecule has 0 aromatic heterocycles. The molecule has 0 aliphatic carbocycles. The third-order valence-electron chi connectivity index (χ3n) is 4.73. The average molecular weight is 352 g/mol. The molecule has 1 aromatic rings. The summed E-state index contributed by atoms with van der Waals surface area (Å²) >= 11 is 0. The van der Waals surface area contributed by atoms with Crippen LogP contribution in [0.15, 0.2) is 23.1 Å². The molecule has 0 unspecified atom stereocenters. The summed E-state index contributed by atoms with van der Waals surface area (Å²) in [6.45, 7) is 1.95. The third kappa shape index (κ3) is 3.03. The standard InChI is InChI=1S/C16H20N2O5S/c1-10-8-18(9-13(10)16(20)21)24(22,23)12-5-6-14-11(7-12)3-2-4-15(19)17-14/h5-7,10,13H,2-4,8-9H2,1H3,(H,17,19)(H,20,21)/t10-,13-/m1/s1. The van der Waals surface area contributed by atoms with Crippen molar-refractivity contribution in [3.05, 3.63) is 23.8 Å². The van der Waals surface area contributed by atoms with Gasteiger partial charge < -0.3 is 10.4 Å². The smallest absolute Gasteiger partial charge is 0.308 e. The lowest BCUT2D eigenvalue weighted by Gasteiger charge is -2.17. The zero-order chi connectivity index (χ0) is 17.5. The molecule has 3 rings (SSSR count). The number of hydrogen-bond acceptors (Lipinski definition) is 4. The first kappa shape index (κ1) is 16.9. The van der Waals surface area contributed by atoms with Gasteiger partial charge in [-0.3, -0.25) is 9.59 Å². The van der Waals surface area contributed by atoms with Gasteiger partial charge in [-0.1, -0.05) is 6.92 Å². The van der Waals surface area contributed by atoms with Crippen LogP contribution in [0.25, 0.3) is 0 Å². The topological polar surface area (TPSA) is 104 Å². The van der Waals surface area contributed by atoms with Gasteiger partial charge in [0.15, 0.2) is 0 Å². The summed E-state index contributed by atoms with van der Waals surface area (Å²) in [7, 11) is -3.74. The molecule has 1 fully saturated rings. The molecule has 0 bridgehead atoms. The van der Waals surface area contributed by atoms with Crippen LogP contribution in [-0.4, -0.2) is 42.8 Å². The molecule has 0 radical (unpaired) electrons. The number of carboxylic acid groups (broad SMARTS) is 1. The number of carboxylic acids is 1. The lowest BCUT2D eigenvalue weighted by molar-refractivity contribution is -0.142. The summed E-state index contributed by atoms with van der Waals surface area (Å²) in [4.78, 5) is 22.9. The SMILES string of the molecule is C[C@@H]1CN(S(=O)(=O)c2ccc3c(c2)CCCC(=O)N3)C[C@H]1C(=O)O. The first-order valence-electron chi connectivity index (χ1n) is 7.95. The largest absolute Gasteiger partial charge is 0.481 e. The van der Waals surface area contributed by atoms with Crippen LogP contribution < -0.4 is 5.32 Å². The number of rotatable bonds is 3. The fourth-order valence-corrected chi connectivity index (χ4v) is 4.92. The minimum atomic E-state index is -3.74. The van der Waals surface area contributed by atoms with Gasteiger partial charge in [-0.15, -0.1) is 0 Å². The van der Waals surface area contributed by atoms with Crippen LogP contribution in [0, 0.1) is 11.8 Å². The predicted molar refractivity (Wildman–Crippen MR) is 87.1 cm³/mol. The Balaban J connectivity index is 1.90. The molecule has 1 saturated heterocycles. The van der Waals surface area contributed by atoms with Gasteiger partial charge in [-0.05, 0) is 42.5 Å². The molecule has 8 heteroatoms. The highest BCUT2D eigenvalue weighted by atomic mass is 32.2. The van der Waals surface area contributed by atoms with Gasteiger partial charge in [-0.2, -0.15) is 4.31 Å². The maximum atomic E-state index is 12.8. The number of aryl methyl sites for hydroxylation is 1. The molecule has 1 aromatic carbocycles. The zero-order valence-corrected chi connectivity index (χ0v) is 14.2. The normalized spacial score (nSPS) is 25.0. The molecular weight excluding hydrogens is 332 g/mol. The van der Waals surface area contributed by atoms with E-state index in [1.165, 1.54) is 10.4 Å². The summed E-state index contributed by atoms with van der Waals surface area (Å²) < 4.78 is 26.9. The van der Waals surface area contributed by atoms with Crippen molar-refractivity contribution in [3.63, 3.8) is 0 Å². The Morgan fingerprint density at radius 1 is 1.29 bits per heavy atom. The average Bonchev–Trinajstić information content (AvgIpc) is 2.81. The van der Waals surface area contributed by atoms with Gasteiger partial charge in [-0.25, -0.2) is 8.42 Å². The van der Waals surface area contributed by atoms with Crippen LogP contribution in [0.5, 0.6) is 0 Å². The molecule has 130 valence electrons. The molecule has 2 heterocycles. The Hall–Kier alpha value is -1.93. The van der Waals surface area contributed by atoms with Crippen molar-refractivity contribution in [3.8, 4) is 0 Å². The molecule has 1 amide bonds. The second-order valence-electron chi connectivity index (χ2n) is 6.46. The lowest BCUT2D eigenvalue weighted by Crippen LogP contribution is -2.30. The summed E-state index contributed by atoms with van der Waals surface area (Å²) in [5.74, 6) is -1.94. The van der Waals surface area contributed by atoms with Crippen LogP contribution in [0.2, 0.25) is 0 Å². The van der Waals surface area contributed by atoms with Gasteiger partial charge in [0, 0.05) is 25.2 Å². The van der Waals surface area contributed by atoms with Gasteiger partial charge in [0.1, 0.15) is 0 Å². The van der Waals surface area contributed by atoms with Crippen molar-refractivity contribution >= 4 is 27.6 Å². The maximum Gasteiger partial charge on any atom is 0.308 e. The quantitative estimate of drug-likeness (QED) is 0.853. The van der Waals surface area contributed by atoms with Gasteiger partial charge in [0.2, 0.25) is 15.9 Å². The Morgan fingerprint density at radius 2 is 2.04 bits per heavy atom. The van der Waals surface area contributed by atoms with Crippen molar-refractivity contribution in [2.24, 2.45) is 11.8 Å². The Kier molecular flexibility index (Phi) is 4.35. The second-order valence-corrected chi connectivity index (χ2v) is 8.40. The molecule has 2 aliphatic rings. The van der Waals surface area contributed by atoms with E-state index in [2.05, 4.69) is 5.32 Å². The van der Waals surface area contributed by atoms with Crippen LogP contribution >= 0.6 is 0 Å². The number of fused-ring (bicyclic) bond motifs is 1. The van der Waals surface area contributed by atoms with Crippen LogP contribution in [0.4, 0.5) is 5.69 Å². The monoisotopic (exact) mass is 352 g/mol. The van der Waals surface area contributed by atoms with Gasteiger partial charge in [0.25, 0.3) is 0 Å². The number of carbonyl (C=O) groups excluding carboxylic acids is 1. The van der Waals surface area contributed by atoms with Gasteiger partial charge in [0.05, 0.1) is 10.8 Å². The fourth-order valence-electron chi connectivity index (χ4n) is 3.30. The highest BCUT2D eigenvalue weighted by Crippen LogP contribution is 2.31. The Morgan fingerprint density at radius 3 is 2.71 bits per heavy atom. The number of nitrogens with one attached hydrogen (secondary N) is 1. The van der Waals surface area contributed by atoms with E-state index < -0.39 is 21.9 Å². The van der Waals surface area contributed by atoms with Crippen LogP contribution in [0.1, 0.15) is 25.3 Å². The van der Waals surface area contributed by atoms with Crippen molar-refractivity contribution in [1.82, 2.24) is 4.31 Å². The summed E-state index contributed by atoms with van der Waals surface area (Å²) in [5.41, 5.74) is 1.44. The zero-order valence-electron chi connectivity index (χ0n) is 13.4. The van der Waals surface area contributed by atoms with E-state index in [0.717, 1.165) is 5.56 Å². The summed E-state index contributed by atoms with van der Waals surface area (Å²) in [6, 6.07) is 4.67. The molecule has 0 spiro atoms. The van der Waals surface area contributed by atoms with E-state index >= 15 is 0 Å². The molecule has 2 N–H and O–H groups in total. The number of nitrogens with zero attached hydrogens (tertiary/aromatic N) is 1. The van der Waals surface area contributed by atoms with Crippen molar-refractivity contribution in [1.29, 1.82) is 0 Å². The minimum absolute atomic E-state index is 0.00729. The summed E-state index contributed by atoms with van der Waals surface area (Å²) in [5, 5.41) is 12.0. The van der Waals surface area contributed by atoms with Crippen LogP contribution in [-0.2, 0) is 26.0 Å². The lowest BCUT2D eigenvalue weighted by atomic mass is 9.99. The Labute approximate surface area is 140 Å². The maximum absolute atomic E-state index is 12.8. The number of sulfonamides is 1. The summed E-state index contributed by atoms with van der Waals surface area (Å²) in [6.07, 6.45) is 1.72. The second kappa shape index (κ2) is 6.18. The number of benzene rings is 1. The predicted octanol–water partition coefficient (Wildman–Crippen LogP) is 1.30.